The number of nitrogens with zero attached hydrogens (tertiary/aromatic N) is 2. The van der Waals surface area contributed by atoms with Crippen LogP contribution in [0.5, 0.6) is 0 Å². The molecule has 2 atom stereocenters. The lowest BCUT2D eigenvalue weighted by Gasteiger charge is -2.39. The largest absolute Gasteiger partial charge is 0.337 e. The fourth-order valence-corrected chi connectivity index (χ4v) is 3.28. The van der Waals surface area contributed by atoms with Gasteiger partial charge in [-0.3, -0.25) is 4.79 Å². The summed E-state index contributed by atoms with van der Waals surface area (Å²) in [5.74, 6) is 0.310. The van der Waals surface area contributed by atoms with E-state index >= 15 is 0 Å². The highest BCUT2D eigenvalue weighted by Gasteiger charge is 2.31. The summed E-state index contributed by atoms with van der Waals surface area (Å²) >= 11 is 0. The van der Waals surface area contributed by atoms with Crippen LogP contribution >= 0.6 is 0 Å². The molecule has 0 spiro atoms. The number of nitrogens with two attached hydrogens (primary N) is 1. The number of carbonyl (C=O) groups is 1. The van der Waals surface area contributed by atoms with E-state index in [0.717, 1.165) is 32.5 Å². The Hall–Kier alpha value is -1.39. The Balaban J connectivity index is 1.96. The summed E-state index contributed by atoms with van der Waals surface area (Å²) in [6.45, 7) is 6.70. The molecular formula is C19H31N3O. The van der Waals surface area contributed by atoms with E-state index in [9.17, 15) is 4.79 Å². The van der Waals surface area contributed by atoms with Gasteiger partial charge in [0.15, 0.2) is 0 Å². The van der Waals surface area contributed by atoms with Crippen LogP contribution in [-0.4, -0.2) is 47.9 Å². The third kappa shape index (κ3) is 5.05. The average Bonchev–Trinajstić information content (AvgIpc) is 2.54. The molecule has 1 aromatic rings. The Labute approximate surface area is 140 Å². The van der Waals surface area contributed by atoms with Gasteiger partial charge in [0, 0.05) is 25.7 Å². The molecule has 0 saturated carbocycles. The molecule has 1 aliphatic heterocycles. The number of likely N-dealkylation sites (N-methyl/N-ethyl adjacent to an activating group) is 1. The molecule has 1 saturated heterocycles. The van der Waals surface area contributed by atoms with E-state index < -0.39 is 0 Å². The van der Waals surface area contributed by atoms with Crippen molar-refractivity contribution < 1.29 is 4.79 Å². The summed E-state index contributed by atoms with van der Waals surface area (Å²) in [7, 11) is 2.13. The van der Waals surface area contributed by atoms with Crippen LogP contribution in [0.25, 0.3) is 0 Å². The summed E-state index contributed by atoms with van der Waals surface area (Å²) < 4.78 is 0. The van der Waals surface area contributed by atoms with Crippen LogP contribution < -0.4 is 5.73 Å². The fraction of sp³-hybridized carbons (Fsp3) is 0.632. The molecule has 0 radical (unpaired) electrons. The molecule has 2 N–H and O–H groups in total. The summed E-state index contributed by atoms with van der Waals surface area (Å²) in [5.41, 5.74) is 7.41. The van der Waals surface area contributed by atoms with Gasteiger partial charge in [-0.2, -0.15) is 0 Å². The van der Waals surface area contributed by atoms with Gasteiger partial charge in [0.2, 0.25) is 5.91 Å². The first-order chi connectivity index (χ1) is 11.0. The van der Waals surface area contributed by atoms with E-state index in [2.05, 4.69) is 36.2 Å². The molecule has 2 rings (SSSR count). The second-order valence-electron chi connectivity index (χ2n) is 7.13. The molecule has 23 heavy (non-hydrogen) atoms. The standard InChI is InChI=1S/C19H31N3O/c1-15(2)18(20)19(23)22-12-8-7-11-17(22)14-21(3)13-16-9-5-4-6-10-16/h4-6,9-10,15,17-18H,7-8,11-14,20H2,1-3H3/t17?,18-/m0/s1. The Morgan fingerprint density at radius 3 is 2.65 bits per heavy atom. The van der Waals surface area contributed by atoms with Gasteiger partial charge in [0.25, 0.3) is 0 Å². The first-order valence-electron chi connectivity index (χ1n) is 8.77. The van der Waals surface area contributed by atoms with Crippen molar-refractivity contribution in [1.82, 2.24) is 9.80 Å². The number of rotatable bonds is 6. The minimum Gasteiger partial charge on any atom is -0.337 e. The quantitative estimate of drug-likeness (QED) is 0.877. The summed E-state index contributed by atoms with van der Waals surface area (Å²) in [6, 6.07) is 10.4. The monoisotopic (exact) mass is 317 g/mol. The van der Waals surface area contributed by atoms with E-state index in [4.69, 9.17) is 5.73 Å². The Morgan fingerprint density at radius 1 is 1.30 bits per heavy atom. The lowest BCUT2D eigenvalue weighted by molar-refractivity contribution is -0.137. The van der Waals surface area contributed by atoms with E-state index in [1.165, 1.54) is 12.0 Å². The number of piperidine rings is 1. The number of likely N-dealkylation sites (tertiary alicyclic amines) is 1. The van der Waals surface area contributed by atoms with Gasteiger partial charge < -0.3 is 15.5 Å². The minimum absolute atomic E-state index is 0.123. The number of benzene rings is 1. The van der Waals surface area contributed by atoms with Gasteiger partial charge in [0.1, 0.15) is 0 Å². The fourth-order valence-electron chi connectivity index (χ4n) is 3.28. The van der Waals surface area contributed by atoms with Crippen LogP contribution in [0.15, 0.2) is 30.3 Å². The molecule has 4 nitrogen and oxygen atoms in total. The zero-order valence-corrected chi connectivity index (χ0v) is 14.7. The number of amides is 1. The Morgan fingerprint density at radius 2 is 2.00 bits per heavy atom. The van der Waals surface area contributed by atoms with Crippen molar-refractivity contribution in [3.63, 3.8) is 0 Å². The predicted molar refractivity (Wildman–Crippen MR) is 94.9 cm³/mol. The molecule has 1 fully saturated rings. The first-order valence-corrected chi connectivity index (χ1v) is 8.77. The van der Waals surface area contributed by atoms with Crippen LogP contribution in [0.4, 0.5) is 0 Å². The molecule has 1 heterocycles. The lowest BCUT2D eigenvalue weighted by atomic mass is 9.97. The number of hydrogen-bond donors (Lipinski definition) is 1. The maximum Gasteiger partial charge on any atom is 0.240 e. The van der Waals surface area contributed by atoms with Crippen LogP contribution in [-0.2, 0) is 11.3 Å². The van der Waals surface area contributed by atoms with E-state index in [1.54, 1.807) is 0 Å². The van der Waals surface area contributed by atoms with Crippen molar-refractivity contribution in [2.45, 2.75) is 51.7 Å². The van der Waals surface area contributed by atoms with E-state index in [0.29, 0.717) is 0 Å². The highest BCUT2D eigenvalue weighted by Crippen LogP contribution is 2.20. The van der Waals surface area contributed by atoms with Crippen LogP contribution in [0, 0.1) is 5.92 Å². The second-order valence-corrected chi connectivity index (χ2v) is 7.13. The van der Waals surface area contributed by atoms with Crippen molar-refractivity contribution >= 4 is 5.91 Å². The third-order valence-electron chi connectivity index (χ3n) is 4.73. The normalized spacial score (nSPS) is 20.1. The smallest absolute Gasteiger partial charge is 0.240 e. The van der Waals surface area contributed by atoms with E-state index in [-0.39, 0.29) is 23.9 Å². The minimum atomic E-state index is -0.380. The topological polar surface area (TPSA) is 49.6 Å². The van der Waals surface area contributed by atoms with Crippen molar-refractivity contribution in [3.8, 4) is 0 Å². The van der Waals surface area contributed by atoms with E-state index in [1.807, 2.05) is 24.8 Å². The number of hydrogen-bond acceptors (Lipinski definition) is 3. The molecule has 0 bridgehead atoms. The lowest BCUT2D eigenvalue weighted by Crippen LogP contribution is -2.55. The van der Waals surface area contributed by atoms with Crippen molar-refractivity contribution in [3.05, 3.63) is 35.9 Å². The summed E-state index contributed by atoms with van der Waals surface area (Å²) in [6.07, 6.45) is 3.37. The zero-order chi connectivity index (χ0) is 16.8. The van der Waals surface area contributed by atoms with Gasteiger partial charge in [-0.15, -0.1) is 0 Å². The van der Waals surface area contributed by atoms with Gasteiger partial charge in [-0.05, 0) is 37.8 Å². The highest BCUT2D eigenvalue weighted by molar-refractivity contribution is 5.82. The molecule has 1 aromatic carbocycles. The first kappa shape index (κ1) is 18.0. The molecular weight excluding hydrogens is 286 g/mol. The molecule has 1 amide bonds. The Bertz CT molecular complexity index is 489. The molecule has 4 heteroatoms. The maximum atomic E-state index is 12.7. The van der Waals surface area contributed by atoms with Gasteiger partial charge in [-0.1, -0.05) is 44.2 Å². The van der Waals surface area contributed by atoms with Gasteiger partial charge >= 0.3 is 0 Å². The molecule has 1 aliphatic rings. The third-order valence-corrected chi connectivity index (χ3v) is 4.73. The Kier molecular flexibility index (Phi) is 6.60. The molecule has 0 aliphatic carbocycles. The average molecular weight is 317 g/mol. The maximum absolute atomic E-state index is 12.7. The summed E-state index contributed by atoms with van der Waals surface area (Å²) in [4.78, 5) is 17.0. The number of carbonyl (C=O) groups excluding carboxylic acids is 1. The van der Waals surface area contributed by atoms with Crippen LogP contribution in [0.1, 0.15) is 38.7 Å². The van der Waals surface area contributed by atoms with Crippen LogP contribution in [0.3, 0.4) is 0 Å². The summed E-state index contributed by atoms with van der Waals surface area (Å²) in [5, 5.41) is 0. The molecule has 0 aromatic heterocycles. The van der Waals surface area contributed by atoms with Gasteiger partial charge in [0.05, 0.1) is 6.04 Å². The molecule has 1 unspecified atom stereocenters. The predicted octanol–water partition coefficient (Wildman–Crippen LogP) is 2.48. The van der Waals surface area contributed by atoms with Crippen LogP contribution in [0.2, 0.25) is 0 Å². The highest BCUT2D eigenvalue weighted by atomic mass is 16.2. The SMILES string of the molecule is CC(C)[C@H](N)C(=O)N1CCCCC1CN(C)Cc1ccccc1. The zero-order valence-electron chi connectivity index (χ0n) is 14.7. The van der Waals surface area contributed by atoms with Crippen molar-refractivity contribution in [2.24, 2.45) is 11.7 Å². The van der Waals surface area contributed by atoms with Crippen molar-refractivity contribution in [2.75, 3.05) is 20.1 Å². The van der Waals surface area contributed by atoms with Crippen molar-refractivity contribution in [1.29, 1.82) is 0 Å². The second kappa shape index (κ2) is 8.46. The van der Waals surface area contributed by atoms with Gasteiger partial charge in [-0.25, -0.2) is 0 Å². The molecule has 128 valence electrons.